The Morgan fingerprint density at radius 2 is 1.96 bits per heavy atom. The minimum Gasteiger partial charge on any atom is -0.369 e. The monoisotopic (exact) mass is 320 g/mol. The number of nitriles is 1. The Kier molecular flexibility index (Phi) is 4.33. The Labute approximate surface area is 133 Å². The molecule has 2 aliphatic rings. The summed E-state index contributed by atoms with van der Waals surface area (Å²) in [4.78, 5) is 15.5. The molecule has 0 spiro atoms. The van der Waals surface area contributed by atoms with E-state index in [1.165, 1.54) is 4.90 Å². The number of rotatable bonds is 3. The summed E-state index contributed by atoms with van der Waals surface area (Å²) in [6.07, 6.45) is 4.55. The third-order valence-electron chi connectivity index (χ3n) is 4.39. The van der Waals surface area contributed by atoms with E-state index in [-0.39, 0.29) is 17.3 Å². The average Bonchev–Trinajstić information content (AvgIpc) is 3.20. The molecule has 0 aliphatic carbocycles. The largest absolute Gasteiger partial charge is 0.369 e. The van der Waals surface area contributed by atoms with Crippen LogP contribution >= 0.6 is 0 Å². The number of carbonyl (C=O) groups is 1. The van der Waals surface area contributed by atoms with Crippen molar-refractivity contribution in [3.05, 3.63) is 29.3 Å². The van der Waals surface area contributed by atoms with Crippen LogP contribution in [-0.2, 0) is 0 Å². The zero-order chi connectivity index (χ0) is 16.4. The maximum Gasteiger partial charge on any atom is 0.254 e. The maximum atomic E-state index is 14.2. The number of anilines is 1. The molecule has 7 heteroatoms. The van der Waals surface area contributed by atoms with Gasteiger partial charge in [0.05, 0.1) is 11.3 Å². The van der Waals surface area contributed by atoms with E-state index in [9.17, 15) is 13.6 Å². The van der Waals surface area contributed by atoms with Crippen molar-refractivity contribution in [1.29, 1.82) is 5.26 Å². The molecule has 0 saturated carbocycles. The Balaban J connectivity index is 1.73. The summed E-state index contributed by atoms with van der Waals surface area (Å²) in [5, 5.41) is 11.5. The van der Waals surface area contributed by atoms with Crippen LogP contribution in [0.5, 0.6) is 0 Å². The first-order valence-electron chi connectivity index (χ1n) is 7.78. The van der Waals surface area contributed by atoms with Crippen LogP contribution < -0.4 is 10.2 Å². The highest BCUT2D eigenvalue weighted by molar-refractivity contribution is 5.95. The lowest BCUT2D eigenvalue weighted by atomic mass is 10.1. The van der Waals surface area contributed by atoms with Gasteiger partial charge in [0, 0.05) is 38.3 Å². The number of benzene rings is 1. The molecule has 1 aromatic carbocycles. The highest BCUT2D eigenvalue weighted by atomic mass is 19.1. The molecule has 2 saturated heterocycles. The number of nitrogens with one attached hydrogen (secondary N) is 1. The van der Waals surface area contributed by atoms with Gasteiger partial charge in [-0.25, -0.2) is 8.78 Å². The Morgan fingerprint density at radius 3 is 2.61 bits per heavy atom. The molecule has 2 heterocycles. The van der Waals surface area contributed by atoms with Gasteiger partial charge in [0.1, 0.15) is 11.6 Å². The molecule has 3 rings (SSSR count). The first-order chi connectivity index (χ1) is 11.1. The zero-order valence-electron chi connectivity index (χ0n) is 12.7. The van der Waals surface area contributed by atoms with Crippen LogP contribution in [0.4, 0.5) is 14.5 Å². The molecule has 1 amide bonds. The normalized spacial score (nSPS) is 20.7. The minimum atomic E-state index is -0.721. The second kappa shape index (κ2) is 6.41. The van der Waals surface area contributed by atoms with E-state index in [4.69, 9.17) is 5.26 Å². The number of likely N-dealkylation sites (tertiary alicyclic amines) is 1. The van der Waals surface area contributed by atoms with E-state index in [2.05, 4.69) is 5.32 Å². The fraction of sp³-hybridized carbons (Fsp3) is 0.500. The van der Waals surface area contributed by atoms with Crippen LogP contribution in [0, 0.1) is 23.1 Å². The number of carbonyl (C=O) groups excluding carboxylic acids is 1. The highest BCUT2D eigenvalue weighted by Crippen LogP contribution is 2.26. The van der Waals surface area contributed by atoms with Crippen LogP contribution in [0.2, 0.25) is 0 Å². The minimum absolute atomic E-state index is 0.216. The maximum absolute atomic E-state index is 14.2. The number of amides is 1. The topological polar surface area (TPSA) is 59.4 Å². The lowest BCUT2D eigenvalue weighted by Crippen LogP contribution is -2.37. The molecular formula is C16H18F2N4O. The van der Waals surface area contributed by atoms with Gasteiger partial charge in [0.2, 0.25) is 0 Å². The van der Waals surface area contributed by atoms with Crippen molar-refractivity contribution in [2.45, 2.75) is 25.3 Å². The van der Waals surface area contributed by atoms with E-state index in [1.807, 2.05) is 6.19 Å². The van der Waals surface area contributed by atoms with Crippen LogP contribution in [0.15, 0.2) is 12.1 Å². The van der Waals surface area contributed by atoms with Crippen molar-refractivity contribution in [3.8, 4) is 6.19 Å². The molecule has 0 unspecified atom stereocenters. The fourth-order valence-electron chi connectivity index (χ4n) is 3.14. The Bertz CT molecular complexity index is 652. The van der Waals surface area contributed by atoms with Gasteiger partial charge >= 0.3 is 0 Å². The van der Waals surface area contributed by atoms with Gasteiger partial charge in [-0.3, -0.25) is 4.79 Å². The summed E-state index contributed by atoms with van der Waals surface area (Å²) < 4.78 is 28.5. The third-order valence-corrected chi connectivity index (χ3v) is 4.39. The Morgan fingerprint density at radius 1 is 1.22 bits per heavy atom. The van der Waals surface area contributed by atoms with E-state index in [0.29, 0.717) is 32.6 Å². The smallest absolute Gasteiger partial charge is 0.254 e. The standard InChI is InChI=1S/C16H18F2N4O/c17-13-8-15(22-4-1-2-5-22)14(18)7-12(13)16(23)20-11-3-6-21(9-11)10-19/h7-8,11H,1-6,9H2,(H,20,23)/t11-/m1/s1. The van der Waals surface area contributed by atoms with Gasteiger partial charge < -0.3 is 15.1 Å². The van der Waals surface area contributed by atoms with Crippen molar-refractivity contribution in [1.82, 2.24) is 10.2 Å². The lowest BCUT2D eigenvalue weighted by Gasteiger charge is -2.19. The van der Waals surface area contributed by atoms with E-state index in [1.54, 1.807) is 4.90 Å². The molecule has 1 N–H and O–H groups in total. The second-order valence-corrected chi connectivity index (χ2v) is 5.98. The summed E-state index contributed by atoms with van der Waals surface area (Å²) >= 11 is 0. The molecule has 0 radical (unpaired) electrons. The molecule has 2 fully saturated rings. The fourth-order valence-corrected chi connectivity index (χ4v) is 3.14. The van der Waals surface area contributed by atoms with Gasteiger partial charge in [-0.2, -0.15) is 5.26 Å². The average molecular weight is 320 g/mol. The zero-order valence-corrected chi connectivity index (χ0v) is 12.7. The van der Waals surface area contributed by atoms with Crippen LogP contribution in [0.1, 0.15) is 29.6 Å². The van der Waals surface area contributed by atoms with Crippen molar-refractivity contribution in [3.63, 3.8) is 0 Å². The van der Waals surface area contributed by atoms with Crippen molar-refractivity contribution in [2.75, 3.05) is 31.1 Å². The molecule has 1 atom stereocenters. The van der Waals surface area contributed by atoms with Gasteiger partial charge in [0.25, 0.3) is 5.91 Å². The van der Waals surface area contributed by atoms with Gasteiger partial charge in [-0.1, -0.05) is 0 Å². The SMILES string of the molecule is N#CN1CC[C@@H](NC(=O)c2cc(F)c(N3CCCC3)cc2F)C1. The first kappa shape index (κ1) is 15.5. The summed E-state index contributed by atoms with van der Waals surface area (Å²) in [6.45, 7) is 2.37. The number of nitrogens with zero attached hydrogens (tertiary/aromatic N) is 3. The molecular weight excluding hydrogens is 302 g/mol. The van der Waals surface area contributed by atoms with Crippen LogP contribution in [0.25, 0.3) is 0 Å². The second-order valence-electron chi connectivity index (χ2n) is 5.98. The van der Waals surface area contributed by atoms with Gasteiger partial charge in [-0.05, 0) is 25.3 Å². The summed E-state index contributed by atoms with van der Waals surface area (Å²) in [5.74, 6) is -1.94. The summed E-state index contributed by atoms with van der Waals surface area (Å²) in [7, 11) is 0. The van der Waals surface area contributed by atoms with Crippen LogP contribution in [0.3, 0.4) is 0 Å². The quantitative estimate of drug-likeness (QED) is 0.864. The number of halogens is 2. The number of hydrogen-bond donors (Lipinski definition) is 1. The molecule has 5 nitrogen and oxygen atoms in total. The molecule has 2 aliphatic heterocycles. The van der Waals surface area contributed by atoms with Crippen molar-refractivity contribution in [2.24, 2.45) is 0 Å². The lowest BCUT2D eigenvalue weighted by molar-refractivity contribution is 0.0934. The van der Waals surface area contributed by atoms with E-state index in [0.717, 1.165) is 25.0 Å². The highest BCUT2D eigenvalue weighted by Gasteiger charge is 2.26. The Hall–Kier alpha value is -2.36. The summed E-state index contributed by atoms with van der Waals surface area (Å²) in [6, 6.07) is 1.85. The molecule has 23 heavy (non-hydrogen) atoms. The predicted molar refractivity (Wildman–Crippen MR) is 80.9 cm³/mol. The molecule has 0 aromatic heterocycles. The molecule has 122 valence electrons. The van der Waals surface area contributed by atoms with Gasteiger partial charge in [-0.15, -0.1) is 0 Å². The first-order valence-corrected chi connectivity index (χ1v) is 7.78. The molecule has 0 bridgehead atoms. The van der Waals surface area contributed by atoms with Crippen LogP contribution in [-0.4, -0.2) is 43.0 Å². The van der Waals surface area contributed by atoms with E-state index < -0.39 is 17.5 Å². The number of hydrogen-bond acceptors (Lipinski definition) is 4. The molecule has 1 aromatic rings. The van der Waals surface area contributed by atoms with Crippen molar-refractivity contribution < 1.29 is 13.6 Å². The third kappa shape index (κ3) is 3.21. The predicted octanol–water partition coefficient (Wildman–Crippen LogP) is 1.85. The van der Waals surface area contributed by atoms with E-state index >= 15 is 0 Å². The summed E-state index contributed by atoms with van der Waals surface area (Å²) in [5.41, 5.74) is -0.0751. The van der Waals surface area contributed by atoms with Gasteiger partial charge in [0.15, 0.2) is 6.19 Å². The van der Waals surface area contributed by atoms with Crippen molar-refractivity contribution >= 4 is 11.6 Å².